The van der Waals surface area contributed by atoms with Crippen LogP contribution in [0.15, 0.2) is 23.7 Å². The van der Waals surface area contributed by atoms with E-state index in [-0.39, 0.29) is 11.4 Å². The van der Waals surface area contributed by atoms with Crippen LogP contribution in [0.2, 0.25) is 0 Å². The van der Waals surface area contributed by atoms with Crippen molar-refractivity contribution in [2.24, 2.45) is 7.05 Å². The zero-order chi connectivity index (χ0) is 15.2. The van der Waals surface area contributed by atoms with Crippen LogP contribution in [0.25, 0.3) is 0 Å². The SMILES string of the molecule is CCOC(=O)c1cnc(SCCc2nccn2C)nc1N. The fourth-order valence-electron chi connectivity index (χ4n) is 1.68. The second-order valence-electron chi connectivity index (χ2n) is 4.22. The monoisotopic (exact) mass is 307 g/mol. The number of rotatable bonds is 6. The Labute approximate surface area is 126 Å². The molecule has 0 aliphatic rings. The Kier molecular flexibility index (Phi) is 5.15. The summed E-state index contributed by atoms with van der Waals surface area (Å²) in [7, 11) is 1.95. The number of ether oxygens (including phenoxy) is 1. The van der Waals surface area contributed by atoms with Gasteiger partial charge in [-0.1, -0.05) is 11.8 Å². The van der Waals surface area contributed by atoms with Crippen LogP contribution >= 0.6 is 11.8 Å². The zero-order valence-corrected chi connectivity index (χ0v) is 12.8. The normalized spacial score (nSPS) is 10.6. The van der Waals surface area contributed by atoms with Crippen molar-refractivity contribution in [3.05, 3.63) is 30.0 Å². The molecular formula is C13H17N5O2S. The zero-order valence-electron chi connectivity index (χ0n) is 11.9. The quantitative estimate of drug-likeness (QED) is 0.488. The molecule has 0 saturated carbocycles. The molecule has 0 unspecified atom stereocenters. The summed E-state index contributed by atoms with van der Waals surface area (Å²) in [4.78, 5) is 24.1. The maximum Gasteiger partial charge on any atom is 0.343 e. The molecule has 0 radical (unpaired) electrons. The summed E-state index contributed by atoms with van der Waals surface area (Å²) in [5, 5.41) is 0.537. The summed E-state index contributed by atoms with van der Waals surface area (Å²) < 4.78 is 6.85. The largest absolute Gasteiger partial charge is 0.462 e. The van der Waals surface area contributed by atoms with Crippen molar-refractivity contribution < 1.29 is 9.53 Å². The van der Waals surface area contributed by atoms with Crippen molar-refractivity contribution in [3.63, 3.8) is 0 Å². The number of anilines is 1. The molecule has 2 rings (SSSR count). The Morgan fingerprint density at radius 1 is 1.48 bits per heavy atom. The van der Waals surface area contributed by atoms with E-state index in [0.717, 1.165) is 18.0 Å². The van der Waals surface area contributed by atoms with Crippen molar-refractivity contribution in [1.29, 1.82) is 0 Å². The first-order chi connectivity index (χ1) is 10.1. The van der Waals surface area contributed by atoms with Gasteiger partial charge in [-0.3, -0.25) is 0 Å². The molecule has 2 N–H and O–H groups in total. The molecule has 0 aliphatic heterocycles. The summed E-state index contributed by atoms with van der Waals surface area (Å²) in [6, 6.07) is 0. The van der Waals surface area contributed by atoms with Gasteiger partial charge in [0.15, 0.2) is 5.16 Å². The number of aryl methyl sites for hydroxylation is 2. The van der Waals surface area contributed by atoms with Crippen LogP contribution in [-0.4, -0.2) is 37.8 Å². The number of aromatic nitrogens is 4. The molecule has 2 aromatic heterocycles. The van der Waals surface area contributed by atoms with Gasteiger partial charge in [0.05, 0.1) is 6.61 Å². The molecule has 0 saturated heterocycles. The van der Waals surface area contributed by atoms with Gasteiger partial charge in [0, 0.05) is 37.8 Å². The Hall–Kier alpha value is -2.09. The van der Waals surface area contributed by atoms with Crippen molar-refractivity contribution >= 4 is 23.5 Å². The topological polar surface area (TPSA) is 95.9 Å². The van der Waals surface area contributed by atoms with Gasteiger partial charge in [0.25, 0.3) is 0 Å². The van der Waals surface area contributed by atoms with Crippen LogP contribution < -0.4 is 5.73 Å². The summed E-state index contributed by atoms with van der Waals surface area (Å²) in [6.07, 6.45) is 5.88. The number of carbonyl (C=O) groups excluding carboxylic acids is 1. The number of thioether (sulfide) groups is 1. The Balaban J connectivity index is 1.94. The fourth-order valence-corrected chi connectivity index (χ4v) is 2.44. The van der Waals surface area contributed by atoms with Gasteiger partial charge in [-0.2, -0.15) is 0 Å². The highest BCUT2D eigenvalue weighted by molar-refractivity contribution is 7.99. The molecule has 21 heavy (non-hydrogen) atoms. The van der Waals surface area contributed by atoms with Gasteiger partial charge in [-0.15, -0.1) is 0 Å². The first-order valence-corrected chi connectivity index (χ1v) is 7.49. The fraction of sp³-hybridized carbons (Fsp3) is 0.385. The third-order valence-electron chi connectivity index (χ3n) is 2.77. The molecule has 0 spiro atoms. The number of hydrogen-bond acceptors (Lipinski definition) is 7. The number of imidazole rings is 1. The second-order valence-corrected chi connectivity index (χ2v) is 5.29. The second kappa shape index (κ2) is 7.07. The molecule has 0 bridgehead atoms. The first-order valence-electron chi connectivity index (χ1n) is 6.50. The van der Waals surface area contributed by atoms with Crippen LogP contribution in [0.1, 0.15) is 23.1 Å². The summed E-state index contributed by atoms with van der Waals surface area (Å²) >= 11 is 1.47. The van der Waals surface area contributed by atoms with Crippen molar-refractivity contribution in [2.75, 3.05) is 18.1 Å². The number of nitrogens with two attached hydrogens (primary N) is 1. The van der Waals surface area contributed by atoms with Gasteiger partial charge >= 0.3 is 5.97 Å². The van der Waals surface area contributed by atoms with Crippen molar-refractivity contribution in [3.8, 4) is 0 Å². The number of esters is 1. The predicted octanol–water partition coefficient (Wildman–Crippen LogP) is 1.30. The number of hydrogen-bond donors (Lipinski definition) is 1. The van der Waals surface area contributed by atoms with Crippen molar-refractivity contribution in [2.45, 2.75) is 18.5 Å². The lowest BCUT2D eigenvalue weighted by molar-refractivity contribution is 0.0526. The third-order valence-corrected chi connectivity index (χ3v) is 3.63. The highest BCUT2D eigenvalue weighted by Gasteiger charge is 2.13. The molecule has 0 fully saturated rings. The third kappa shape index (κ3) is 3.94. The minimum atomic E-state index is -0.500. The van der Waals surface area contributed by atoms with Gasteiger partial charge < -0.3 is 15.0 Å². The van der Waals surface area contributed by atoms with Crippen LogP contribution in [-0.2, 0) is 18.2 Å². The molecule has 0 amide bonds. The lowest BCUT2D eigenvalue weighted by Crippen LogP contribution is -2.10. The minimum absolute atomic E-state index is 0.142. The van der Waals surface area contributed by atoms with Crippen LogP contribution in [0.4, 0.5) is 5.82 Å². The van der Waals surface area contributed by atoms with E-state index in [1.165, 1.54) is 18.0 Å². The van der Waals surface area contributed by atoms with E-state index in [4.69, 9.17) is 10.5 Å². The Morgan fingerprint density at radius 2 is 2.29 bits per heavy atom. The summed E-state index contributed by atoms with van der Waals surface area (Å²) in [6.45, 7) is 2.02. The predicted molar refractivity (Wildman–Crippen MR) is 80.0 cm³/mol. The first kappa shape index (κ1) is 15.3. The molecule has 0 atom stereocenters. The van der Waals surface area contributed by atoms with E-state index in [0.29, 0.717) is 11.8 Å². The number of carbonyl (C=O) groups is 1. The molecular weight excluding hydrogens is 290 g/mol. The molecule has 2 aromatic rings. The standard InChI is InChI=1S/C13H17N5O2S/c1-3-20-12(19)9-8-16-13(17-11(9)14)21-7-4-10-15-5-6-18(10)2/h5-6,8H,3-4,7H2,1-2H3,(H2,14,16,17). The average molecular weight is 307 g/mol. The maximum absolute atomic E-state index is 11.6. The highest BCUT2D eigenvalue weighted by atomic mass is 32.2. The molecule has 0 aromatic carbocycles. The summed E-state index contributed by atoms with van der Waals surface area (Å²) in [5.74, 6) is 1.42. The van der Waals surface area contributed by atoms with E-state index < -0.39 is 5.97 Å². The van der Waals surface area contributed by atoms with Gasteiger partial charge in [-0.25, -0.2) is 19.7 Å². The van der Waals surface area contributed by atoms with Crippen LogP contribution in [0, 0.1) is 0 Å². The van der Waals surface area contributed by atoms with Gasteiger partial charge in [-0.05, 0) is 6.92 Å². The van der Waals surface area contributed by atoms with Gasteiger partial charge in [0.2, 0.25) is 0 Å². The van der Waals surface area contributed by atoms with E-state index >= 15 is 0 Å². The Bertz CT molecular complexity index is 629. The van der Waals surface area contributed by atoms with E-state index in [1.807, 2.05) is 17.8 Å². The molecule has 7 nitrogen and oxygen atoms in total. The maximum atomic E-state index is 11.6. The summed E-state index contributed by atoms with van der Waals surface area (Å²) in [5.41, 5.74) is 5.96. The van der Waals surface area contributed by atoms with Crippen LogP contribution in [0.5, 0.6) is 0 Å². The Morgan fingerprint density at radius 3 is 2.90 bits per heavy atom. The number of nitrogen functional groups attached to an aromatic ring is 1. The van der Waals surface area contributed by atoms with E-state index in [1.54, 1.807) is 13.1 Å². The average Bonchev–Trinajstić information content (AvgIpc) is 2.85. The van der Waals surface area contributed by atoms with Crippen molar-refractivity contribution in [1.82, 2.24) is 19.5 Å². The lowest BCUT2D eigenvalue weighted by Gasteiger charge is -2.06. The van der Waals surface area contributed by atoms with E-state index in [2.05, 4.69) is 15.0 Å². The number of nitrogens with zero attached hydrogens (tertiary/aromatic N) is 4. The molecule has 8 heteroatoms. The molecule has 112 valence electrons. The highest BCUT2D eigenvalue weighted by Crippen LogP contribution is 2.18. The van der Waals surface area contributed by atoms with E-state index in [9.17, 15) is 4.79 Å². The lowest BCUT2D eigenvalue weighted by atomic mass is 10.3. The van der Waals surface area contributed by atoms with Crippen LogP contribution in [0.3, 0.4) is 0 Å². The molecule has 0 aliphatic carbocycles. The minimum Gasteiger partial charge on any atom is -0.462 e. The van der Waals surface area contributed by atoms with Gasteiger partial charge in [0.1, 0.15) is 17.2 Å². The smallest absolute Gasteiger partial charge is 0.343 e. The molecule has 2 heterocycles.